The summed E-state index contributed by atoms with van der Waals surface area (Å²) in [7, 11) is 0. The Morgan fingerprint density at radius 2 is 2.31 bits per heavy atom. The van der Waals surface area contributed by atoms with Crippen molar-refractivity contribution in [1.82, 2.24) is 0 Å². The monoisotopic (exact) mass is 227 g/mol. The number of halogens is 1. The molecule has 1 aliphatic heterocycles. The summed E-state index contributed by atoms with van der Waals surface area (Å²) in [6.45, 7) is -0.162. The van der Waals surface area contributed by atoms with Gasteiger partial charge in [0.1, 0.15) is 0 Å². The molecule has 1 heterocycles. The van der Waals surface area contributed by atoms with Gasteiger partial charge >= 0.3 is 5.97 Å². The number of hydrogen-bond acceptors (Lipinski definition) is 4. The fraction of sp³-hybridized carbons (Fsp3) is 0.300. The van der Waals surface area contributed by atoms with Gasteiger partial charge in [0, 0.05) is 6.54 Å². The standard InChI is InChI=1S/C10H10FNO4/c11-7-1-5(6(3-12)10(13)14)2-8-9(7)16-4-15-8/h1-2,6H,3-4,12H2,(H,13,14). The Balaban J connectivity index is 2.43. The Hall–Kier alpha value is -1.82. The highest BCUT2D eigenvalue weighted by atomic mass is 19.1. The molecule has 1 aromatic rings. The Morgan fingerprint density at radius 3 is 2.94 bits per heavy atom. The number of benzene rings is 1. The number of carboxylic acid groups (broad SMARTS) is 1. The predicted molar refractivity (Wildman–Crippen MR) is 52.0 cm³/mol. The van der Waals surface area contributed by atoms with Crippen molar-refractivity contribution in [3.63, 3.8) is 0 Å². The highest BCUT2D eigenvalue weighted by Crippen LogP contribution is 2.37. The smallest absolute Gasteiger partial charge is 0.312 e. The van der Waals surface area contributed by atoms with E-state index in [0.29, 0.717) is 0 Å². The Bertz CT molecular complexity index is 435. The summed E-state index contributed by atoms with van der Waals surface area (Å²) < 4.78 is 23.4. The van der Waals surface area contributed by atoms with Crippen LogP contribution in [0.25, 0.3) is 0 Å². The average molecular weight is 227 g/mol. The molecule has 0 radical (unpaired) electrons. The van der Waals surface area contributed by atoms with Crippen molar-refractivity contribution in [3.05, 3.63) is 23.5 Å². The first-order chi connectivity index (χ1) is 7.63. The fourth-order valence-corrected chi connectivity index (χ4v) is 1.57. The van der Waals surface area contributed by atoms with Crippen LogP contribution in [0.2, 0.25) is 0 Å². The van der Waals surface area contributed by atoms with Crippen molar-refractivity contribution in [3.8, 4) is 11.5 Å². The molecule has 0 bridgehead atoms. The molecule has 0 spiro atoms. The van der Waals surface area contributed by atoms with Crippen LogP contribution >= 0.6 is 0 Å². The number of rotatable bonds is 3. The summed E-state index contributed by atoms with van der Waals surface area (Å²) in [6.07, 6.45) is 0. The lowest BCUT2D eigenvalue weighted by atomic mass is 9.99. The summed E-state index contributed by atoms with van der Waals surface area (Å²) in [5.41, 5.74) is 5.60. The third-order valence-electron chi connectivity index (χ3n) is 2.39. The summed E-state index contributed by atoms with van der Waals surface area (Å²) in [5.74, 6) is -2.44. The predicted octanol–water partition coefficient (Wildman–Crippen LogP) is 0.681. The van der Waals surface area contributed by atoms with Crippen molar-refractivity contribution in [2.24, 2.45) is 5.73 Å². The van der Waals surface area contributed by atoms with Crippen LogP contribution in [-0.4, -0.2) is 24.4 Å². The molecule has 86 valence electrons. The quantitative estimate of drug-likeness (QED) is 0.793. The molecular formula is C10H10FNO4. The van der Waals surface area contributed by atoms with Crippen LogP contribution in [0.15, 0.2) is 12.1 Å². The summed E-state index contributed by atoms with van der Waals surface area (Å²) >= 11 is 0. The van der Waals surface area contributed by atoms with Crippen molar-refractivity contribution < 1.29 is 23.8 Å². The average Bonchev–Trinajstić information content (AvgIpc) is 2.66. The fourth-order valence-electron chi connectivity index (χ4n) is 1.57. The minimum absolute atomic E-state index is 0.0184. The van der Waals surface area contributed by atoms with E-state index in [1.165, 1.54) is 6.07 Å². The van der Waals surface area contributed by atoms with E-state index in [1.807, 2.05) is 0 Å². The summed E-state index contributed by atoms with van der Waals surface area (Å²) in [6, 6.07) is 2.55. The molecule has 1 aliphatic rings. The molecule has 0 aliphatic carbocycles. The molecule has 0 fully saturated rings. The molecule has 16 heavy (non-hydrogen) atoms. The Kier molecular flexibility index (Phi) is 2.66. The maximum atomic E-state index is 13.5. The van der Waals surface area contributed by atoms with Gasteiger partial charge in [0.15, 0.2) is 11.6 Å². The van der Waals surface area contributed by atoms with Gasteiger partial charge in [-0.1, -0.05) is 0 Å². The molecule has 3 N–H and O–H groups in total. The van der Waals surface area contributed by atoms with Crippen molar-refractivity contribution in [2.45, 2.75) is 5.92 Å². The van der Waals surface area contributed by atoms with Gasteiger partial charge in [-0.05, 0) is 17.7 Å². The first-order valence-electron chi connectivity index (χ1n) is 4.65. The van der Waals surface area contributed by atoms with Gasteiger partial charge in [-0.25, -0.2) is 4.39 Å². The van der Waals surface area contributed by atoms with E-state index in [9.17, 15) is 9.18 Å². The molecule has 1 atom stereocenters. The minimum atomic E-state index is -1.10. The molecule has 6 heteroatoms. The number of hydrogen-bond donors (Lipinski definition) is 2. The van der Waals surface area contributed by atoms with Gasteiger partial charge < -0.3 is 20.3 Å². The van der Waals surface area contributed by atoms with Crippen LogP contribution in [0.3, 0.4) is 0 Å². The number of fused-ring (bicyclic) bond motifs is 1. The highest BCUT2D eigenvalue weighted by molar-refractivity contribution is 5.76. The normalized spacial score (nSPS) is 14.9. The lowest BCUT2D eigenvalue weighted by Crippen LogP contribution is -2.21. The first-order valence-corrected chi connectivity index (χ1v) is 4.65. The second-order valence-electron chi connectivity index (χ2n) is 3.36. The second kappa shape index (κ2) is 3.97. The molecule has 0 aromatic heterocycles. The van der Waals surface area contributed by atoms with E-state index in [2.05, 4.69) is 0 Å². The largest absolute Gasteiger partial charge is 0.481 e. The summed E-state index contributed by atoms with van der Waals surface area (Å²) in [5, 5.41) is 8.89. The Morgan fingerprint density at radius 1 is 1.56 bits per heavy atom. The number of carbonyl (C=O) groups is 1. The van der Waals surface area contributed by atoms with Crippen molar-refractivity contribution in [2.75, 3.05) is 13.3 Å². The van der Waals surface area contributed by atoms with Crippen molar-refractivity contribution in [1.29, 1.82) is 0 Å². The van der Waals surface area contributed by atoms with E-state index >= 15 is 0 Å². The van der Waals surface area contributed by atoms with E-state index in [4.69, 9.17) is 20.3 Å². The van der Waals surface area contributed by atoms with Gasteiger partial charge in [0.05, 0.1) is 5.92 Å². The second-order valence-corrected chi connectivity index (χ2v) is 3.36. The molecule has 0 amide bonds. The van der Waals surface area contributed by atoms with Crippen LogP contribution in [0.5, 0.6) is 11.5 Å². The van der Waals surface area contributed by atoms with Crippen LogP contribution < -0.4 is 15.2 Å². The topological polar surface area (TPSA) is 81.8 Å². The van der Waals surface area contributed by atoms with E-state index in [-0.39, 0.29) is 30.4 Å². The van der Waals surface area contributed by atoms with Gasteiger partial charge in [-0.15, -0.1) is 0 Å². The summed E-state index contributed by atoms with van der Waals surface area (Å²) in [4.78, 5) is 10.9. The lowest BCUT2D eigenvalue weighted by molar-refractivity contribution is -0.138. The molecule has 2 rings (SSSR count). The maximum absolute atomic E-state index is 13.5. The van der Waals surface area contributed by atoms with E-state index in [1.54, 1.807) is 0 Å². The van der Waals surface area contributed by atoms with Crippen LogP contribution in [-0.2, 0) is 4.79 Å². The molecular weight excluding hydrogens is 217 g/mol. The van der Waals surface area contributed by atoms with Crippen molar-refractivity contribution >= 4 is 5.97 Å². The van der Waals surface area contributed by atoms with E-state index < -0.39 is 17.7 Å². The number of carboxylic acids is 1. The molecule has 0 saturated heterocycles. The van der Waals surface area contributed by atoms with Gasteiger partial charge in [-0.2, -0.15) is 0 Å². The van der Waals surface area contributed by atoms with Crippen LogP contribution in [0.1, 0.15) is 11.5 Å². The molecule has 0 saturated carbocycles. The lowest BCUT2D eigenvalue weighted by Gasteiger charge is -2.10. The zero-order valence-electron chi connectivity index (χ0n) is 8.27. The number of ether oxygens (including phenoxy) is 2. The first kappa shape index (κ1) is 10.7. The number of nitrogens with two attached hydrogens (primary N) is 1. The van der Waals surface area contributed by atoms with Gasteiger partial charge in [0.2, 0.25) is 12.5 Å². The molecule has 1 unspecified atom stereocenters. The van der Waals surface area contributed by atoms with E-state index in [0.717, 1.165) is 6.07 Å². The van der Waals surface area contributed by atoms with Crippen LogP contribution in [0.4, 0.5) is 4.39 Å². The maximum Gasteiger partial charge on any atom is 0.312 e. The highest BCUT2D eigenvalue weighted by Gasteiger charge is 2.25. The SMILES string of the molecule is NCC(C(=O)O)c1cc(F)c2c(c1)OCO2. The minimum Gasteiger partial charge on any atom is -0.481 e. The van der Waals surface area contributed by atoms with Crippen LogP contribution in [0, 0.1) is 5.82 Å². The van der Waals surface area contributed by atoms with Gasteiger partial charge in [-0.3, -0.25) is 4.79 Å². The van der Waals surface area contributed by atoms with Gasteiger partial charge in [0.25, 0.3) is 0 Å². The third kappa shape index (κ3) is 1.67. The molecule has 1 aromatic carbocycles. The zero-order chi connectivity index (χ0) is 11.7. The Labute approximate surface area is 90.6 Å². The number of aliphatic carboxylic acids is 1. The third-order valence-corrected chi connectivity index (χ3v) is 2.39. The molecule has 5 nitrogen and oxygen atoms in total. The zero-order valence-corrected chi connectivity index (χ0v) is 8.27.